The molecule has 1 saturated heterocycles. The molecule has 1 aliphatic heterocycles. The second-order valence-electron chi connectivity index (χ2n) is 17.7. The number of likely N-dealkylation sites (tertiary alicyclic amines) is 1. The van der Waals surface area contributed by atoms with E-state index >= 15 is 0 Å². The second-order valence-corrected chi connectivity index (χ2v) is 17.7. The smallest absolute Gasteiger partial charge is 0.329 e. The van der Waals surface area contributed by atoms with Gasteiger partial charge < -0.3 is 52.8 Å². The monoisotopic (exact) mass is 992 g/mol. The Hall–Kier alpha value is -7.21. The molecule has 4 aromatic carbocycles. The Morgan fingerprint density at radius 1 is 0.764 bits per heavy atom. The lowest BCUT2D eigenvalue weighted by Gasteiger charge is -2.37. The van der Waals surface area contributed by atoms with Crippen molar-refractivity contribution in [1.82, 2.24) is 30.6 Å². The lowest BCUT2D eigenvalue weighted by Crippen LogP contribution is -2.50. The molecular formula is C54H68N6O12. The zero-order chi connectivity index (χ0) is 51.8. The number of aromatic nitrogens is 4. The van der Waals surface area contributed by atoms with Gasteiger partial charge in [0, 0.05) is 18.7 Å². The number of piperidine rings is 1. The first-order chi connectivity index (χ1) is 34.7. The molecule has 6 rings (SSSR count). The number of hydrogen-bond acceptors (Lipinski definition) is 16. The Balaban J connectivity index is 1.17. The van der Waals surface area contributed by atoms with E-state index < -0.39 is 35.7 Å². The van der Waals surface area contributed by atoms with E-state index in [1.54, 1.807) is 68.5 Å². The molecule has 0 radical (unpaired) electrons. The molecule has 386 valence electrons. The van der Waals surface area contributed by atoms with Gasteiger partial charge in [-0.2, -0.15) is 0 Å². The van der Waals surface area contributed by atoms with E-state index in [-0.39, 0.29) is 25.0 Å². The van der Waals surface area contributed by atoms with Crippen molar-refractivity contribution in [3.63, 3.8) is 0 Å². The normalized spacial score (nSPS) is 14.8. The number of benzene rings is 4. The van der Waals surface area contributed by atoms with Crippen LogP contribution in [0.1, 0.15) is 94.3 Å². The summed E-state index contributed by atoms with van der Waals surface area (Å²) >= 11 is 0. The van der Waals surface area contributed by atoms with Gasteiger partial charge in [-0.05, 0) is 144 Å². The van der Waals surface area contributed by atoms with Crippen molar-refractivity contribution >= 4 is 17.8 Å². The minimum Gasteiger partial charge on any atom is -0.493 e. The Bertz CT molecular complexity index is 2550. The minimum atomic E-state index is -0.822. The lowest BCUT2D eigenvalue weighted by molar-refractivity contribution is -0.162. The van der Waals surface area contributed by atoms with E-state index in [0.717, 1.165) is 24.0 Å². The molecule has 2 heterocycles. The highest BCUT2D eigenvalue weighted by atomic mass is 16.6. The third-order valence-corrected chi connectivity index (χ3v) is 12.6. The SMILES string of the molecule is CCOC(C)(C)C(CNC(=O)COc1cccc([C@@H](CCc2ccc(OC)c(OC)c2)OC(=O)[C@@H]2CCCCN2C(=O)[C@@H](CC)c2cc(OC)c(OC)c(OC)c2)c1)Oc1ccc(-c2nnc(C)nn2)cc1. The molecule has 5 aromatic rings. The largest absolute Gasteiger partial charge is 0.493 e. The quantitative estimate of drug-likeness (QED) is 0.0554. The van der Waals surface area contributed by atoms with Gasteiger partial charge >= 0.3 is 5.97 Å². The van der Waals surface area contributed by atoms with Crippen LogP contribution in [0.2, 0.25) is 0 Å². The topological polar surface area (TPSA) is 201 Å². The number of nitrogens with zero attached hydrogens (tertiary/aromatic N) is 5. The standard InChI is InChI=1S/C54H68N6O12/c1-11-41(38-30-46(66-8)50(68-10)47(31-38)67-9)52(62)60-27-14-13-18-42(60)53(63)72-43(25-19-35-20-26-44(64-6)45(28-35)65-7)37-16-15-17-40(29-37)69-33-49(61)55-32-48(54(4,5)70-12-2)71-39-23-21-36(22-24-39)51-58-56-34(3)57-59-51/h15-17,20-24,26,28-31,41-43,48H,11-14,18-19,25,27,32-33H2,1-10H3,(H,55,61)/t41-,42-,43+,48?/m0/s1. The van der Waals surface area contributed by atoms with Crippen LogP contribution in [0.25, 0.3) is 11.4 Å². The summed E-state index contributed by atoms with van der Waals surface area (Å²) in [5, 5.41) is 19.1. The number of amides is 2. The summed E-state index contributed by atoms with van der Waals surface area (Å²) in [5.41, 5.74) is 2.20. The molecule has 1 N–H and O–H groups in total. The highest BCUT2D eigenvalue weighted by Gasteiger charge is 2.38. The van der Waals surface area contributed by atoms with Crippen molar-refractivity contribution < 1.29 is 57.0 Å². The number of ether oxygens (including phenoxy) is 9. The molecule has 1 aromatic heterocycles. The van der Waals surface area contributed by atoms with Crippen LogP contribution in [0.3, 0.4) is 0 Å². The highest BCUT2D eigenvalue weighted by Crippen LogP contribution is 2.42. The van der Waals surface area contributed by atoms with Crippen molar-refractivity contribution in [3.8, 4) is 51.6 Å². The van der Waals surface area contributed by atoms with Crippen LogP contribution in [-0.2, 0) is 30.3 Å². The summed E-state index contributed by atoms with van der Waals surface area (Å²) in [6.45, 7) is 9.98. The molecule has 2 amide bonds. The predicted octanol–water partition coefficient (Wildman–Crippen LogP) is 7.83. The predicted molar refractivity (Wildman–Crippen MR) is 268 cm³/mol. The number of nitrogens with one attached hydrogen (secondary N) is 1. The summed E-state index contributed by atoms with van der Waals surface area (Å²) < 4.78 is 52.8. The molecule has 1 unspecified atom stereocenters. The maximum absolute atomic E-state index is 14.6. The first-order valence-corrected chi connectivity index (χ1v) is 24.2. The number of rotatable bonds is 25. The molecule has 0 bridgehead atoms. The molecule has 1 aliphatic rings. The number of aryl methyl sites for hydroxylation is 2. The molecule has 18 nitrogen and oxygen atoms in total. The van der Waals surface area contributed by atoms with Gasteiger partial charge in [0.2, 0.25) is 17.5 Å². The van der Waals surface area contributed by atoms with Gasteiger partial charge in [0.05, 0.1) is 48.0 Å². The number of carbonyl (C=O) groups excluding carboxylic acids is 3. The van der Waals surface area contributed by atoms with Gasteiger partial charge in [0.15, 0.2) is 35.4 Å². The Morgan fingerprint density at radius 2 is 1.46 bits per heavy atom. The Kier molecular flexibility index (Phi) is 19.4. The maximum atomic E-state index is 14.6. The van der Waals surface area contributed by atoms with Crippen LogP contribution in [0.4, 0.5) is 0 Å². The third kappa shape index (κ3) is 13.8. The fourth-order valence-corrected chi connectivity index (χ4v) is 8.69. The fraction of sp³-hybridized carbons (Fsp3) is 0.463. The van der Waals surface area contributed by atoms with E-state index in [1.165, 1.54) is 21.3 Å². The summed E-state index contributed by atoms with van der Waals surface area (Å²) in [6.07, 6.45) is 1.92. The van der Waals surface area contributed by atoms with Gasteiger partial charge in [-0.1, -0.05) is 25.1 Å². The van der Waals surface area contributed by atoms with E-state index in [4.69, 9.17) is 42.6 Å². The molecule has 0 aliphatic carbocycles. The summed E-state index contributed by atoms with van der Waals surface area (Å²) in [4.78, 5) is 44.2. The summed E-state index contributed by atoms with van der Waals surface area (Å²) in [6, 6.07) is 22.7. The second kappa shape index (κ2) is 25.8. The average Bonchev–Trinajstić information content (AvgIpc) is 3.40. The number of hydrogen-bond donors (Lipinski definition) is 1. The van der Waals surface area contributed by atoms with Crippen molar-refractivity contribution in [3.05, 3.63) is 101 Å². The van der Waals surface area contributed by atoms with Crippen molar-refractivity contribution in [2.24, 2.45) is 0 Å². The molecule has 72 heavy (non-hydrogen) atoms. The molecule has 1 fully saturated rings. The van der Waals surface area contributed by atoms with Gasteiger partial charge in [0.1, 0.15) is 35.3 Å². The number of methoxy groups -OCH3 is 5. The molecule has 0 saturated carbocycles. The average molecular weight is 993 g/mol. The molecule has 18 heteroatoms. The van der Waals surface area contributed by atoms with E-state index in [9.17, 15) is 14.4 Å². The maximum Gasteiger partial charge on any atom is 0.329 e. The van der Waals surface area contributed by atoms with E-state index in [2.05, 4.69) is 25.7 Å². The Labute approximate surface area is 422 Å². The number of esters is 1. The van der Waals surface area contributed by atoms with Crippen molar-refractivity contribution in [2.45, 2.75) is 103 Å². The first-order valence-electron chi connectivity index (χ1n) is 24.2. The summed E-state index contributed by atoms with van der Waals surface area (Å²) in [5.74, 6) is 2.58. The summed E-state index contributed by atoms with van der Waals surface area (Å²) in [7, 11) is 7.74. The van der Waals surface area contributed by atoms with Crippen molar-refractivity contribution in [1.29, 1.82) is 0 Å². The zero-order valence-corrected chi connectivity index (χ0v) is 43.0. The van der Waals surface area contributed by atoms with Crippen LogP contribution in [0.5, 0.6) is 40.2 Å². The molecule has 4 atom stereocenters. The van der Waals surface area contributed by atoms with Gasteiger partial charge in [-0.25, -0.2) is 4.79 Å². The lowest BCUT2D eigenvalue weighted by atomic mass is 9.91. The van der Waals surface area contributed by atoms with Gasteiger partial charge in [-0.3, -0.25) is 9.59 Å². The van der Waals surface area contributed by atoms with Crippen LogP contribution in [-0.4, -0.2) is 123 Å². The molecular weight excluding hydrogens is 925 g/mol. The minimum absolute atomic E-state index is 0.113. The molecule has 0 spiro atoms. The highest BCUT2D eigenvalue weighted by molar-refractivity contribution is 5.89. The van der Waals surface area contributed by atoms with Crippen molar-refractivity contribution in [2.75, 3.05) is 61.9 Å². The third-order valence-electron chi connectivity index (χ3n) is 12.6. The van der Waals surface area contributed by atoms with Crippen LogP contribution in [0, 0.1) is 6.92 Å². The van der Waals surface area contributed by atoms with E-state index in [1.807, 2.05) is 64.1 Å². The van der Waals surface area contributed by atoms with E-state index in [0.29, 0.717) is 102 Å². The van der Waals surface area contributed by atoms with Crippen LogP contribution < -0.4 is 38.5 Å². The fourth-order valence-electron chi connectivity index (χ4n) is 8.69. The van der Waals surface area contributed by atoms with Gasteiger partial charge in [-0.15, -0.1) is 20.4 Å². The van der Waals surface area contributed by atoms with Crippen LogP contribution in [0.15, 0.2) is 78.9 Å². The first kappa shape index (κ1) is 54.1. The number of carbonyl (C=O) groups is 3. The zero-order valence-electron chi connectivity index (χ0n) is 43.0. The Morgan fingerprint density at radius 3 is 2.10 bits per heavy atom. The van der Waals surface area contributed by atoms with Crippen LogP contribution >= 0.6 is 0 Å². The van der Waals surface area contributed by atoms with Gasteiger partial charge in [0.25, 0.3) is 5.91 Å².